The van der Waals surface area contributed by atoms with Gasteiger partial charge in [-0.05, 0) is 54.7 Å². The van der Waals surface area contributed by atoms with Gasteiger partial charge in [-0.2, -0.15) is 8.42 Å². The predicted molar refractivity (Wildman–Crippen MR) is 112 cm³/mol. The van der Waals surface area contributed by atoms with Crippen molar-refractivity contribution >= 4 is 37.2 Å². The Morgan fingerprint density at radius 1 is 1.29 bits per heavy atom. The lowest BCUT2D eigenvalue weighted by Gasteiger charge is -2.17. The van der Waals surface area contributed by atoms with Crippen LogP contribution in [0, 0.1) is 6.92 Å². The standard InChI is InChI=1S/C20H22BrN3O3S/c1-4-18-23-19-12(2)9-15(11-27-28(3,25)26)22-20(19)24(18)17-8-5-13-10-14(21)6-7-16(13)17/h6-7,9-10,17H,4-5,8,11H2,1-3H3. The molecule has 1 aliphatic carbocycles. The second-order valence-electron chi connectivity index (χ2n) is 7.22. The smallest absolute Gasteiger partial charge is 0.264 e. The summed E-state index contributed by atoms with van der Waals surface area (Å²) in [5.74, 6) is 0.993. The highest BCUT2D eigenvalue weighted by Gasteiger charge is 2.28. The molecule has 2 heterocycles. The van der Waals surface area contributed by atoms with E-state index in [0.717, 1.165) is 52.5 Å². The molecule has 0 spiro atoms. The maximum atomic E-state index is 11.4. The molecule has 8 heteroatoms. The summed E-state index contributed by atoms with van der Waals surface area (Å²) in [4.78, 5) is 9.59. The molecule has 4 rings (SSSR count). The van der Waals surface area contributed by atoms with Gasteiger partial charge in [0.25, 0.3) is 10.1 Å². The minimum absolute atomic E-state index is 0.0730. The van der Waals surface area contributed by atoms with Crippen LogP contribution in [-0.4, -0.2) is 29.2 Å². The van der Waals surface area contributed by atoms with Gasteiger partial charge in [-0.25, -0.2) is 9.97 Å². The Kier molecular flexibility index (Phi) is 5.05. The van der Waals surface area contributed by atoms with Crippen LogP contribution in [0.3, 0.4) is 0 Å². The third kappa shape index (κ3) is 3.60. The average Bonchev–Trinajstić information content (AvgIpc) is 3.19. The molecule has 6 nitrogen and oxygen atoms in total. The van der Waals surface area contributed by atoms with E-state index in [4.69, 9.17) is 14.2 Å². The summed E-state index contributed by atoms with van der Waals surface area (Å²) < 4.78 is 31.0. The van der Waals surface area contributed by atoms with Crippen LogP contribution in [0.2, 0.25) is 0 Å². The van der Waals surface area contributed by atoms with Crippen LogP contribution in [0.5, 0.6) is 0 Å². The summed E-state index contributed by atoms with van der Waals surface area (Å²) in [6.45, 7) is 4.00. The number of halogens is 1. The van der Waals surface area contributed by atoms with E-state index in [1.165, 1.54) is 11.1 Å². The lowest BCUT2D eigenvalue weighted by molar-refractivity contribution is 0.307. The quantitative estimate of drug-likeness (QED) is 0.532. The zero-order valence-electron chi connectivity index (χ0n) is 16.1. The molecule has 28 heavy (non-hydrogen) atoms. The van der Waals surface area contributed by atoms with Gasteiger partial charge in [-0.3, -0.25) is 4.18 Å². The summed E-state index contributed by atoms with van der Waals surface area (Å²) in [6, 6.07) is 8.47. The van der Waals surface area contributed by atoms with Gasteiger partial charge in [-0.1, -0.05) is 28.9 Å². The molecule has 0 aliphatic heterocycles. The number of rotatable bonds is 5. The molecule has 1 aliphatic rings. The van der Waals surface area contributed by atoms with Crippen molar-refractivity contribution in [3.8, 4) is 0 Å². The van der Waals surface area contributed by atoms with Crippen LogP contribution >= 0.6 is 15.9 Å². The van der Waals surface area contributed by atoms with Crippen molar-refractivity contribution in [2.24, 2.45) is 0 Å². The fourth-order valence-corrected chi connectivity index (χ4v) is 4.72. The Labute approximate surface area is 173 Å². The van der Waals surface area contributed by atoms with Gasteiger partial charge in [0, 0.05) is 10.9 Å². The van der Waals surface area contributed by atoms with E-state index in [9.17, 15) is 8.42 Å². The van der Waals surface area contributed by atoms with Crippen molar-refractivity contribution in [1.29, 1.82) is 0 Å². The van der Waals surface area contributed by atoms with Crippen LogP contribution in [0.15, 0.2) is 28.7 Å². The maximum absolute atomic E-state index is 11.4. The zero-order valence-corrected chi connectivity index (χ0v) is 18.5. The lowest BCUT2D eigenvalue weighted by Crippen LogP contribution is -2.12. The minimum atomic E-state index is -3.52. The molecule has 1 unspecified atom stereocenters. The van der Waals surface area contributed by atoms with Crippen molar-refractivity contribution in [1.82, 2.24) is 14.5 Å². The molecule has 3 aromatic rings. The van der Waals surface area contributed by atoms with Crippen molar-refractivity contribution in [3.05, 3.63) is 56.9 Å². The van der Waals surface area contributed by atoms with E-state index >= 15 is 0 Å². The van der Waals surface area contributed by atoms with Gasteiger partial charge in [0.05, 0.1) is 18.0 Å². The zero-order chi connectivity index (χ0) is 20.1. The van der Waals surface area contributed by atoms with E-state index in [-0.39, 0.29) is 12.6 Å². The maximum Gasteiger partial charge on any atom is 0.264 e. The first-order chi connectivity index (χ1) is 13.3. The fraction of sp³-hybridized carbons (Fsp3) is 0.400. The normalized spacial score (nSPS) is 16.6. The van der Waals surface area contributed by atoms with Gasteiger partial charge in [0.1, 0.15) is 17.9 Å². The Morgan fingerprint density at radius 3 is 2.79 bits per heavy atom. The fourth-order valence-electron chi connectivity index (χ4n) is 3.98. The molecule has 1 aromatic carbocycles. The van der Waals surface area contributed by atoms with Crippen LogP contribution in [-0.2, 0) is 33.7 Å². The first-order valence-electron chi connectivity index (χ1n) is 9.27. The van der Waals surface area contributed by atoms with Gasteiger partial charge in [0.15, 0.2) is 5.65 Å². The van der Waals surface area contributed by atoms with Gasteiger partial charge in [0.2, 0.25) is 0 Å². The summed E-state index contributed by atoms with van der Waals surface area (Å²) >= 11 is 3.56. The first-order valence-corrected chi connectivity index (χ1v) is 11.9. The van der Waals surface area contributed by atoms with Gasteiger partial charge in [-0.15, -0.1) is 0 Å². The molecule has 0 N–H and O–H groups in total. The number of aryl methyl sites for hydroxylation is 3. The third-order valence-electron chi connectivity index (χ3n) is 5.16. The summed E-state index contributed by atoms with van der Waals surface area (Å²) in [5.41, 5.74) is 5.87. The summed E-state index contributed by atoms with van der Waals surface area (Å²) in [6.07, 6.45) is 3.85. The SMILES string of the molecule is CCc1nc2c(C)cc(COS(C)(=O)=O)nc2n1C1CCc2cc(Br)ccc21. The number of pyridine rings is 1. The minimum Gasteiger partial charge on any atom is -0.305 e. The first kappa shape index (κ1) is 19.5. The van der Waals surface area contributed by atoms with Crippen molar-refractivity contribution < 1.29 is 12.6 Å². The summed E-state index contributed by atoms with van der Waals surface area (Å²) in [7, 11) is -3.52. The summed E-state index contributed by atoms with van der Waals surface area (Å²) in [5, 5.41) is 0. The number of nitrogens with zero attached hydrogens (tertiary/aromatic N) is 3. The Bertz CT molecular complexity index is 1170. The van der Waals surface area contributed by atoms with Crippen molar-refractivity contribution in [3.63, 3.8) is 0 Å². The number of aromatic nitrogens is 3. The molecule has 0 saturated carbocycles. The number of hydrogen-bond acceptors (Lipinski definition) is 5. The number of benzene rings is 1. The van der Waals surface area contributed by atoms with E-state index in [1.807, 2.05) is 13.0 Å². The van der Waals surface area contributed by atoms with Crippen molar-refractivity contribution in [2.45, 2.75) is 45.8 Å². The van der Waals surface area contributed by atoms with Gasteiger partial charge >= 0.3 is 0 Å². The second kappa shape index (κ2) is 7.24. The largest absolute Gasteiger partial charge is 0.305 e. The van der Waals surface area contributed by atoms with E-state index in [1.54, 1.807) is 0 Å². The predicted octanol–water partition coefficient (Wildman–Crippen LogP) is 4.08. The number of imidazole rings is 1. The molecular formula is C20H22BrN3O3S. The average molecular weight is 464 g/mol. The highest BCUT2D eigenvalue weighted by Crippen LogP contribution is 2.38. The topological polar surface area (TPSA) is 74.1 Å². The molecule has 0 saturated heterocycles. The molecule has 2 aromatic heterocycles. The highest BCUT2D eigenvalue weighted by atomic mass is 79.9. The molecule has 0 bridgehead atoms. The molecular weight excluding hydrogens is 442 g/mol. The van der Waals surface area contributed by atoms with Crippen molar-refractivity contribution in [2.75, 3.05) is 6.26 Å². The van der Waals surface area contributed by atoms with Crippen LogP contribution in [0.25, 0.3) is 11.2 Å². The van der Waals surface area contributed by atoms with E-state index < -0.39 is 10.1 Å². The Morgan fingerprint density at radius 2 is 2.07 bits per heavy atom. The monoisotopic (exact) mass is 463 g/mol. The Balaban J connectivity index is 1.85. The Hall–Kier alpha value is -1.77. The second-order valence-corrected chi connectivity index (χ2v) is 9.78. The van der Waals surface area contributed by atoms with E-state index in [2.05, 4.69) is 45.6 Å². The molecule has 0 radical (unpaired) electrons. The highest BCUT2D eigenvalue weighted by molar-refractivity contribution is 9.10. The molecule has 1 atom stereocenters. The van der Waals surface area contributed by atoms with Gasteiger partial charge < -0.3 is 4.57 Å². The van der Waals surface area contributed by atoms with Crippen LogP contribution in [0.1, 0.15) is 47.6 Å². The third-order valence-corrected chi connectivity index (χ3v) is 6.20. The van der Waals surface area contributed by atoms with E-state index in [0.29, 0.717) is 5.69 Å². The molecule has 0 fully saturated rings. The van der Waals surface area contributed by atoms with Crippen LogP contribution in [0.4, 0.5) is 0 Å². The molecule has 148 valence electrons. The lowest BCUT2D eigenvalue weighted by atomic mass is 10.1. The number of fused-ring (bicyclic) bond motifs is 2. The molecule has 0 amide bonds. The number of hydrogen-bond donors (Lipinski definition) is 0. The van der Waals surface area contributed by atoms with Crippen LogP contribution < -0.4 is 0 Å².